The summed E-state index contributed by atoms with van der Waals surface area (Å²) in [6.45, 7) is 5.49. The number of rotatable bonds is 9. The first kappa shape index (κ1) is 18.8. The molecule has 130 valence electrons. The largest absolute Gasteiger partial charge is 0.491 e. The van der Waals surface area contributed by atoms with Gasteiger partial charge in [-0.1, -0.05) is 48.7 Å². The smallest absolute Gasteiger partial charge is 0.142 e. The summed E-state index contributed by atoms with van der Waals surface area (Å²) in [5, 5.41) is 4.48. The van der Waals surface area contributed by atoms with Crippen LogP contribution in [0.25, 0.3) is 0 Å². The van der Waals surface area contributed by atoms with Gasteiger partial charge in [0.1, 0.15) is 17.6 Å². The first-order valence-corrected chi connectivity index (χ1v) is 8.93. The molecule has 2 rings (SSSR count). The summed E-state index contributed by atoms with van der Waals surface area (Å²) in [6.07, 6.45) is 2.10. The van der Waals surface area contributed by atoms with Gasteiger partial charge in [-0.2, -0.15) is 0 Å². The molecule has 24 heavy (non-hydrogen) atoms. The van der Waals surface area contributed by atoms with E-state index in [1.165, 1.54) is 0 Å². The van der Waals surface area contributed by atoms with Crippen LogP contribution in [0.15, 0.2) is 42.5 Å². The molecule has 0 aliphatic carbocycles. The van der Waals surface area contributed by atoms with Crippen LogP contribution in [0.5, 0.6) is 11.5 Å². The van der Waals surface area contributed by atoms with Crippen LogP contribution in [0.1, 0.15) is 26.7 Å². The number of hydrogen-bond acceptors (Lipinski definition) is 3. The summed E-state index contributed by atoms with van der Waals surface area (Å²) in [5.41, 5.74) is 0.964. The van der Waals surface area contributed by atoms with Crippen molar-refractivity contribution in [1.82, 2.24) is 0 Å². The molecule has 5 heteroatoms. The molecule has 0 aromatic heterocycles. The van der Waals surface area contributed by atoms with Crippen LogP contribution in [0.4, 0.5) is 5.69 Å². The third kappa shape index (κ3) is 5.81. The Labute approximate surface area is 153 Å². The van der Waals surface area contributed by atoms with Crippen LogP contribution in [0.2, 0.25) is 10.0 Å². The third-order valence-electron chi connectivity index (χ3n) is 3.44. The second-order valence-corrected chi connectivity index (χ2v) is 6.43. The SMILES string of the molecule is CCCCOc1ccccc1NCC(C)Oc1ccc(Cl)cc1Cl. The Balaban J connectivity index is 1.90. The molecular formula is C19H23Cl2NO2. The third-order valence-corrected chi connectivity index (χ3v) is 3.98. The maximum Gasteiger partial charge on any atom is 0.142 e. The molecule has 1 unspecified atom stereocenters. The van der Waals surface area contributed by atoms with E-state index < -0.39 is 0 Å². The fourth-order valence-electron chi connectivity index (χ4n) is 2.15. The Morgan fingerprint density at radius 1 is 1.08 bits per heavy atom. The van der Waals surface area contributed by atoms with Crippen LogP contribution < -0.4 is 14.8 Å². The molecule has 0 aliphatic rings. The quantitative estimate of drug-likeness (QED) is 0.547. The van der Waals surface area contributed by atoms with Crippen LogP contribution in [0, 0.1) is 0 Å². The topological polar surface area (TPSA) is 30.5 Å². The number of hydrogen-bond donors (Lipinski definition) is 1. The van der Waals surface area contributed by atoms with E-state index in [1.54, 1.807) is 18.2 Å². The van der Waals surface area contributed by atoms with Crippen molar-refractivity contribution in [1.29, 1.82) is 0 Å². The standard InChI is InChI=1S/C19H23Cl2NO2/c1-3-4-11-23-19-8-6-5-7-17(19)22-13-14(2)24-18-10-9-15(20)12-16(18)21/h5-10,12,14,22H,3-4,11,13H2,1-2H3. The van der Waals surface area contributed by atoms with Crippen LogP contribution in [0.3, 0.4) is 0 Å². The molecule has 3 nitrogen and oxygen atoms in total. The molecule has 2 aromatic carbocycles. The highest BCUT2D eigenvalue weighted by atomic mass is 35.5. The molecule has 0 radical (unpaired) electrons. The van der Waals surface area contributed by atoms with E-state index in [9.17, 15) is 0 Å². The number of anilines is 1. The summed E-state index contributed by atoms with van der Waals surface area (Å²) < 4.78 is 11.7. The van der Waals surface area contributed by atoms with Gasteiger partial charge in [-0.05, 0) is 43.7 Å². The zero-order valence-corrected chi connectivity index (χ0v) is 15.5. The fraction of sp³-hybridized carbons (Fsp3) is 0.368. The molecular weight excluding hydrogens is 345 g/mol. The molecule has 0 amide bonds. The predicted molar refractivity (Wildman–Crippen MR) is 102 cm³/mol. The lowest BCUT2D eigenvalue weighted by Crippen LogP contribution is -2.23. The van der Waals surface area contributed by atoms with Crippen molar-refractivity contribution >= 4 is 28.9 Å². The minimum atomic E-state index is -0.0626. The van der Waals surface area contributed by atoms with E-state index in [2.05, 4.69) is 12.2 Å². The first-order valence-electron chi connectivity index (χ1n) is 8.17. The lowest BCUT2D eigenvalue weighted by atomic mass is 10.2. The van der Waals surface area contributed by atoms with Gasteiger partial charge in [0.05, 0.1) is 23.9 Å². The number of nitrogens with one attached hydrogen (secondary N) is 1. The maximum absolute atomic E-state index is 6.14. The highest BCUT2D eigenvalue weighted by Gasteiger charge is 2.09. The molecule has 0 bridgehead atoms. The molecule has 2 aromatic rings. The van der Waals surface area contributed by atoms with E-state index in [0.29, 0.717) is 22.3 Å². The number of unbranched alkanes of at least 4 members (excludes halogenated alkanes) is 1. The average Bonchev–Trinajstić information content (AvgIpc) is 2.57. The van der Waals surface area contributed by atoms with Gasteiger partial charge in [0.15, 0.2) is 0 Å². The zero-order valence-electron chi connectivity index (χ0n) is 14.0. The van der Waals surface area contributed by atoms with Gasteiger partial charge in [0.25, 0.3) is 0 Å². The van der Waals surface area contributed by atoms with Crippen molar-refractivity contribution in [2.24, 2.45) is 0 Å². The highest BCUT2D eigenvalue weighted by molar-refractivity contribution is 6.35. The van der Waals surface area contributed by atoms with Crippen molar-refractivity contribution in [2.75, 3.05) is 18.5 Å². The monoisotopic (exact) mass is 367 g/mol. The van der Waals surface area contributed by atoms with Crippen LogP contribution in [-0.4, -0.2) is 19.3 Å². The van der Waals surface area contributed by atoms with E-state index in [-0.39, 0.29) is 6.10 Å². The molecule has 0 fully saturated rings. The van der Waals surface area contributed by atoms with Crippen molar-refractivity contribution in [3.63, 3.8) is 0 Å². The molecule has 1 N–H and O–H groups in total. The number of halogens is 2. The van der Waals surface area contributed by atoms with Gasteiger partial charge in [-0.3, -0.25) is 0 Å². The van der Waals surface area contributed by atoms with Crippen LogP contribution >= 0.6 is 23.2 Å². The van der Waals surface area contributed by atoms with Gasteiger partial charge in [0.2, 0.25) is 0 Å². The van der Waals surface area contributed by atoms with E-state index in [0.717, 1.165) is 30.9 Å². The fourth-order valence-corrected chi connectivity index (χ4v) is 2.60. The van der Waals surface area contributed by atoms with Crippen molar-refractivity contribution in [3.8, 4) is 11.5 Å². The minimum absolute atomic E-state index is 0.0626. The zero-order chi connectivity index (χ0) is 17.4. The molecule has 0 saturated carbocycles. The number of benzene rings is 2. The summed E-state index contributed by atoms with van der Waals surface area (Å²) in [4.78, 5) is 0. The minimum Gasteiger partial charge on any atom is -0.491 e. The van der Waals surface area contributed by atoms with Gasteiger partial charge >= 0.3 is 0 Å². The van der Waals surface area contributed by atoms with Crippen molar-refractivity contribution < 1.29 is 9.47 Å². The van der Waals surface area contributed by atoms with E-state index >= 15 is 0 Å². The normalized spacial score (nSPS) is 11.8. The van der Waals surface area contributed by atoms with Gasteiger partial charge < -0.3 is 14.8 Å². The van der Waals surface area contributed by atoms with Gasteiger partial charge in [0, 0.05) is 5.02 Å². The second-order valence-electron chi connectivity index (χ2n) is 5.58. The van der Waals surface area contributed by atoms with Gasteiger partial charge in [-0.15, -0.1) is 0 Å². The highest BCUT2D eigenvalue weighted by Crippen LogP contribution is 2.29. The summed E-state index contributed by atoms with van der Waals surface area (Å²) in [6, 6.07) is 13.2. The van der Waals surface area contributed by atoms with E-state index in [4.69, 9.17) is 32.7 Å². The Bertz CT molecular complexity index is 649. The van der Waals surface area contributed by atoms with Crippen molar-refractivity contribution in [3.05, 3.63) is 52.5 Å². The molecule has 0 heterocycles. The summed E-state index contributed by atoms with van der Waals surface area (Å²) in [5.74, 6) is 1.49. The molecule has 0 saturated heterocycles. The van der Waals surface area contributed by atoms with E-state index in [1.807, 2.05) is 31.2 Å². The molecule has 0 spiro atoms. The predicted octanol–water partition coefficient (Wildman–Crippen LogP) is 6.05. The Morgan fingerprint density at radius 3 is 2.62 bits per heavy atom. The number of para-hydroxylation sites is 2. The lowest BCUT2D eigenvalue weighted by Gasteiger charge is -2.18. The maximum atomic E-state index is 6.14. The second kappa shape index (κ2) is 9.65. The summed E-state index contributed by atoms with van der Waals surface area (Å²) in [7, 11) is 0. The Morgan fingerprint density at radius 2 is 1.88 bits per heavy atom. The van der Waals surface area contributed by atoms with Crippen molar-refractivity contribution in [2.45, 2.75) is 32.8 Å². The van der Waals surface area contributed by atoms with Crippen LogP contribution in [-0.2, 0) is 0 Å². The van der Waals surface area contributed by atoms with Gasteiger partial charge in [-0.25, -0.2) is 0 Å². The Hall–Kier alpha value is -1.58. The first-order chi connectivity index (χ1) is 11.6. The lowest BCUT2D eigenvalue weighted by molar-refractivity contribution is 0.234. The Kier molecular flexibility index (Phi) is 7.54. The summed E-state index contributed by atoms with van der Waals surface area (Å²) >= 11 is 12.0. The molecule has 0 aliphatic heterocycles. The number of ether oxygens (including phenoxy) is 2. The molecule has 1 atom stereocenters. The average molecular weight is 368 g/mol.